The Morgan fingerprint density at radius 1 is 0.559 bits per heavy atom. The highest BCUT2D eigenvalue weighted by Gasteiger charge is 2.14. The Balaban J connectivity index is 1.49. The van der Waals surface area contributed by atoms with Gasteiger partial charge in [-0.2, -0.15) is 10.2 Å². The van der Waals surface area contributed by atoms with E-state index < -0.39 is 0 Å². The van der Waals surface area contributed by atoms with E-state index in [4.69, 9.17) is 15.2 Å². The van der Waals surface area contributed by atoms with Crippen LogP contribution in [-0.2, 0) is 0 Å². The fourth-order valence-electron chi connectivity index (χ4n) is 4.90. The van der Waals surface area contributed by atoms with Crippen molar-refractivity contribution in [3.63, 3.8) is 0 Å². The molecule has 5 aromatic rings. The van der Waals surface area contributed by atoms with Crippen molar-refractivity contribution in [2.24, 2.45) is 0 Å². The van der Waals surface area contributed by atoms with Crippen LogP contribution in [0.15, 0.2) is 61.2 Å². The Labute approximate surface area is 200 Å². The second-order valence-corrected chi connectivity index (χ2v) is 9.07. The molecule has 0 aliphatic heterocycles. The van der Waals surface area contributed by atoms with Crippen LogP contribution < -0.4 is 0 Å². The third kappa shape index (κ3) is 3.92. The van der Waals surface area contributed by atoms with Gasteiger partial charge in [0.1, 0.15) is 0 Å². The van der Waals surface area contributed by atoms with Gasteiger partial charge in [-0.15, -0.1) is 0 Å². The van der Waals surface area contributed by atoms with Crippen LogP contribution in [0, 0.1) is 41.5 Å². The standard InChI is InChI=1S/C28H28N6/c1-17-11-19(3)27(20(4)12-17)23-7-9-33(31-23)25-15-29-16-26(30-25)34-10-8-24(32-34)28-21(5)13-18(2)14-22(28)6/h7-16H,1-6H3. The highest BCUT2D eigenvalue weighted by Crippen LogP contribution is 2.28. The van der Waals surface area contributed by atoms with Crippen molar-refractivity contribution in [3.05, 3.63) is 94.6 Å². The number of benzene rings is 2. The minimum absolute atomic E-state index is 0.644. The fourth-order valence-corrected chi connectivity index (χ4v) is 4.90. The average molecular weight is 449 g/mol. The first-order valence-electron chi connectivity index (χ1n) is 11.4. The Bertz CT molecular complexity index is 1360. The first kappa shape index (κ1) is 21.8. The van der Waals surface area contributed by atoms with Gasteiger partial charge in [0.15, 0.2) is 11.6 Å². The van der Waals surface area contributed by atoms with Gasteiger partial charge in [0, 0.05) is 23.5 Å². The van der Waals surface area contributed by atoms with Crippen LogP contribution >= 0.6 is 0 Å². The molecule has 170 valence electrons. The molecule has 0 N–H and O–H groups in total. The van der Waals surface area contributed by atoms with E-state index in [2.05, 4.69) is 70.8 Å². The third-order valence-corrected chi connectivity index (χ3v) is 6.12. The van der Waals surface area contributed by atoms with Gasteiger partial charge in [0.05, 0.1) is 23.8 Å². The molecule has 0 fully saturated rings. The van der Waals surface area contributed by atoms with Gasteiger partial charge in [-0.1, -0.05) is 35.4 Å². The zero-order chi connectivity index (χ0) is 24.0. The van der Waals surface area contributed by atoms with Crippen molar-refractivity contribution in [1.82, 2.24) is 29.5 Å². The topological polar surface area (TPSA) is 61.4 Å². The lowest BCUT2D eigenvalue weighted by atomic mass is 9.98. The second-order valence-electron chi connectivity index (χ2n) is 9.07. The van der Waals surface area contributed by atoms with E-state index in [9.17, 15) is 0 Å². The molecule has 0 aliphatic rings. The summed E-state index contributed by atoms with van der Waals surface area (Å²) in [7, 11) is 0. The van der Waals surface area contributed by atoms with E-state index in [0.29, 0.717) is 11.6 Å². The molecule has 2 aromatic carbocycles. The summed E-state index contributed by atoms with van der Waals surface area (Å²) in [6.45, 7) is 12.7. The molecule has 5 rings (SSSR count). The van der Waals surface area contributed by atoms with Crippen LogP contribution in [-0.4, -0.2) is 29.5 Å². The van der Waals surface area contributed by atoms with Crippen molar-refractivity contribution in [1.29, 1.82) is 0 Å². The summed E-state index contributed by atoms with van der Waals surface area (Å²) in [5.41, 5.74) is 11.5. The van der Waals surface area contributed by atoms with E-state index in [1.807, 2.05) is 24.5 Å². The van der Waals surface area contributed by atoms with E-state index in [0.717, 1.165) is 22.5 Å². The highest BCUT2D eigenvalue weighted by atomic mass is 15.4. The Hall–Kier alpha value is -4.06. The van der Waals surface area contributed by atoms with Crippen LogP contribution in [0.2, 0.25) is 0 Å². The largest absolute Gasteiger partial charge is 0.257 e. The van der Waals surface area contributed by atoms with Crippen molar-refractivity contribution in [2.45, 2.75) is 41.5 Å². The van der Waals surface area contributed by atoms with Crippen LogP contribution in [0.4, 0.5) is 0 Å². The predicted octanol–water partition coefficient (Wildman–Crippen LogP) is 6.03. The number of hydrogen-bond acceptors (Lipinski definition) is 4. The molecule has 0 atom stereocenters. The van der Waals surface area contributed by atoms with Crippen LogP contribution in [0.3, 0.4) is 0 Å². The van der Waals surface area contributed by atoms with Gasteiger partial charge in [0.2, 0.25) is 0 Å². The molecule has 3 aromatic heterocycles. The molecule has 0 aliphatic carbocycles. The fraction of sp³-hybridized carbons (Fsp3) is 0.214. The summed E-state index contributed by atoms with van der Waals surface area (Å²) in [5, 5.41) is 9.61. The van der Waals surface area contributed by atoms with Gasteiger partial charge in [0.25, 0.3) is 0 Å². The van der Waals surface area contributed by atoms with Crippen molar-refractivity contribution < 1.29 is 0 Å². The molecule has 34 heavy (non-hydrogen) atoms. The van der Waals surface area contributed by atoms with Crippen molar-refractivity contribution in [3.8, 4) is 34.2 Å². The van der Waals surface area contributed by atoms with Gasteiger partial charge in [-0.25, -0.2) is 14.3 Å². The summed E-state index contributed by atoms with van der Waals surface area (Å²) in [4.78, 5) is 9.19. The Morgan fingerprint density at radius 3 is 1.32 bits per heavy atom. The first-order valence-corrected chi connectivity index (χ1v) is 11.4. The number of hydrogen-bond donors (Lipinski definition) is 0. The lowest BCUT2D eigenvalue weighted by molar-refractivity contribution is 0.794. The average Bonchev–Trinajstić information content (AvgIpc) is 3.43. The quantitative estimate of drug-likeness (QED) is 0.337. The van der Waals surface area contributed by atoms with Crippen LogP contribution in [0.5, 0.6) is 0 Å². The molecule has 6 nitrogen and oxygen atoms in total. The van der Waals surface area contributed by atoms with Crippen LogP contribution in [0.1, 0.15) is 33.4 Å². The molecular weight excluding hydrogens is 420 g/mol. The molecular formula is C28H28N6. The van der Waals surface area contributed by atoms with E-state index in [1.165, 1.54) is 33.4 Å². The molecule has 0 unspecified atom stereocenters. The van der Waals surface area contributed by atoms with Gasteiger partial charge in [-0.05, 0) is 75.9 Å². The Kier molecular flexibility index (Phi) is 5.36. The molecule has 0 bridgehead atoms. The van der Waals surface area contributed by atoms with E-state index >= 15 is 0 Å². The van der Waals surface area contributed by atoms with Crippen molar-refractivity contribution >= 4 is 0 Å². The summed E-state index contributed by atoms with van der Waals surface area (Å²) < 4.78 is 3.53. The van der Waals surface area contributed by atoms with Crippen LogP contribution in [0.25, 0.3) is 34.2 Å². The minimum atomic E-state index is 0.644. The maximum absolute atomic E-state index is 4.81. The number of nitrogens with zero attached hydrogens (tertiary/aromatic N) is 6. The molecule has 3 heterocycles. The smallest absolute Gasteiger partial charge is 0.174 e. The number of rotatable bonds is 4. The molecule has 0 radical (unpaired) electrons. The Morgan fingerprint density at radius 2 is 0.941 bits per heavy atom. The number of aromatic nitrogens is 6. The molecule has 0 spiro atoms. The first-order chi connectivity index (χ1) is 16.3. The molecule has 0 amide bonds. The lowest BCUT2D eigenvalue weighted by Gasteiger charge is -2.09. The predicted molar refractivity (Wildman–Crippen MR) is 136 cm³/mol. The van der Waals surface area contributed by atoms with E-state index in [1.54, 1.807) is 21.8 Å². The molecule has 0 saturated heterocycles. The maximum atomic E-state index is 4.81. The minimum Gasteiger partial charge on any atom is -0.257 e. The monoisotopic (exact) mass is 448 g/mol. The van der Waals surface area contributed by atoms with Gasteiger partial charge >= 0.3 is 0 Å². The number of aryl methyl sites for hydroxylation is 6. The summed E-state index contributed by atoms with van der Waals surface area (Å²) in [6, 6.07) is 12.8. The SMILES string of the molecule is Cc1cc(C)c(-c2ccn(-c3cncc(-n4ccc(-c5c(C)cc(C)cc5C)n4)n3)n2)c(C)c1. The molecule has 6 heteroatoms. The summed E-state index contributed by atoms with van der Waals surface area (Å²) in [5.74, 6) is 1.29. The zero-order valence-corrected chi connectivity index (χ0v) is 20.5. The zero-order valence-electron chi connectivity index (χ0n) is 20.5. The summed E-state index contributed by atoms with van der Waals surface area (Å²) in [6.07, 6.45) is 7.28. The maximum Gasteiger partial charge on any atom is 0.174 e. The summed E-state index contributed by atoms with van der Waals surface area (Å²) >= 11 is 0. The second kappa shape index (κ2) is 8.37. The molecule has 0 saturated carbocycles. The third-order valence-electron chi connectivity index (χ3n) is 6.12. The van der Waals surface area contributed by atoms with Gasteiger partial charge < -0.3 is 0 Å². The normalized spacial score (nSPS) is 11.2. The highest BCUT2D eigenvalue weighted by molar-refractivity contribution is 5.69. The van der Waals surface area contributed by atoms with E-state index in [-0.39, 0.29) is 0 Å². The lowest BCUT2D eigenvalue weighted by Crippen LogP contribution is -2.05. The van der Waals surface area contributed by atoms with Gasteiger partial charge in [-0.3, -0.25) is 4.98 Å². The van der Waals surface area contributed by atoms with Crippen molar-refractivity contribution in [2.75, 3.05) is 0 Å².